The number of carbonyl (C=O) groups excluding carboxylic acids is 1. The van der Waals surface area contributed by atoms with Crippen LogP contribution in [0.15, 0.2) is 34.9 Å². The lowest BCUT2D eigenvalue weighted by Gasteiger charge is -2.10. The van der Waals surface area contributed by atoms with E-state index in [1.165, 1.54) is 0 Å². The average Bonchev–Trinajstić information content (AvgIpc) is 3.13. The number of carbonyl (C=O) groups is 1. The summed E-state index contributed by atoms with van der Waals surface area (Å²) in [4.78, 5) is 13.6. The highest BCUT2D eigenvalue weighted by molar-refractivity contribution is 9.09. The molecule has 1 fully saturated rings. The molecule has 0 spiro atoms. The van der Waals surface area contributed by atoms with E-state index in [4.69, 9.17) is 9.26 Å². The third kappa shape index (κ3) is 2.81. The van der Waals surface area contributed by atoms with E-state index in [9.17, 15) is 4.79 Å². The summed E-state index contributed by atoms with van der Waals surface area (Å²) in [6, 6.07) is 9.36. The molecule has 6 heteroatoms. The van der Waals surface area contributed by atoms with Gasteiger partial charge in [-0.2, -0.15) is 0 Å². The van der Waals surface area contributed by atoms with Crippen molar-refractivity contribution in [2.45, 2.75) is 6.42 Å². The molecule has 1 atom stereocenters. The maximum atomic E-state index is 12.0. The molecule has 2 aromatic rings. The van der Waals surface area contributed by atoms with E-state index in [0.717, 1.165) is 16.6 Å². The Labute approximate surface area is 131 Å². The first kappa shape index (κ1) is 14.1. The van der Waals surface area contributed by atoms with Gasteiger partial charge in [0, 0.05) is 29.9 Å². The first-order chi connectivity index (χ1) is 10.2. The molecular formula is C15H15BrN2O3. The summed E-state index contributed by atoms with van der Waals surface area (Å²) in [7, 11) is 1.63. The Kier molecular flexibility index (Phi) is 3.96. The molecule has 0 saturated carbocycles. The van der Waals surface area contributed by atoms with Crippen molar-refractivity contribution in [3.63, 3.8) is 0 Å². The van der Waals surface area contributed by atoms with Crippen LogP contribution in [0.2, 0.25) is 0 Å². The topological polar surface area (TPSA) is 55.6 Å². The molecule has 3 rings (SSSR count). The second kappa shape index (κ2) is 5.89. The van der Waals surface area contributed by atoms with Gasteiger partial charge in [-0.3, -0.25) is 9.69 Å². The van der Waals surface area contributed by atoms with Crippen LogP contribution in [-0.4, -0.2) is 30.0 Å². The molecule has 1 aromatic carbocycles. The van der Waals surface area contributed by atoms with Gasteiger partial charge >= 0.3 is 0 Å². The van der Waals surface area contributed by atoms with Crippen LogP contribution in [0.4, 0.5) is 5.88 Å². The molecular weight excluding hydrogens is 336 g/mol. The van der Waals surface area contributed by atoms with E-state index >= 15 is 0 Å². The molecule has 2 heterocycles. The Morgan fingerprint density at radius 2 is 2.19 bits per heavy atom. The summed E-state index contributed by atoms with van der Waals surface area (Å²) in [5.74, 6) is 1.70. The van der Waals surface area contributed by atoms with Gasteiger partial charge in [-0.15, -0.1) is 0 Å². The third-order valence-electron chi connectivity index (χ3n) is 3.57. The summed E-state index contributed by atoms with van der Waals surface area (Å²) in [6.07, 6.45) is 0.545. The SMILES string of the molecule is COc1ccc(-c2cc(N3CC(CBr)CC3=O)on2)cc1. The number of hydrogen-bond donors (Lipinski definition) is 0. The highest BCUT2D eigenvalue weighted by Crippen LogP contribution is 2.30. The van der Waals surface area contributed by atoms with Crippen molar-refractivity contribution in [1.82, 2.24) is 5.16 Å². The van der Waals surface area contributed by atoms with Gasteiger partial charge in [-0.1, -0.05) is 21.1 Å². The van der Waals surface area contributed by atoms with E-state index in [-0.39, 0.29) is 5.91 Å². The summed E-state index contributed by atoms with van der Waals surface area (Å²) in [6.45, 7) is 0.668. The van der Waals surface area contributed by atoms with Crippen molar-refractivity contribution in [1.29, 1.82) is 0 Å². The molecule has 110 valence electrons. The molecule has 0 bridgehead atoms. The quantitative estimate of drug-likeness (QED) is 0.795. The van der Waals surface area contributed by atoms with Crippen LogP contribution in [0.25, 0.3) is 11.3 Å². The van der Waals surface area contributed by atoms with Crippen LogP contribution < -0.4 is 9.64 Å². The number of alkyl halides is 1. The van der Waals surface area contributed by atoms with Crippen molar-refractivity contribution in [3.05, 3.63) is 30.3 Å². The van der Waals surface area contributed by atoms with Gasteiger partial charge in [0.2, 0.25) is 11.8 Å². The van der Waals surface area contributed by atoms with Crippen LogP contribution >= 0.6 is 15.9 Å². The number of aromatic nitrogens is 1. The standard InChI is InChI=1S/C15H15BrN2O3/c1-20-12-4-2-11(3-5-12)13-7-15(21-17-13)18-9-10(8-16)6-14(18)19/h2-5,7,10H,6,8-9H2,1H3. The molecule has 21 heavy (non-hydrogen) atoms. The number of halogens is 1. The number of nitrogens with zero attached hydrogens (tertiary/aromatic N) is 2. The average molecular weight is 351 g/mol. The van der Waals surface area contributed by atoms with Crippen molar-refractivity contribution in [3.8, 4) is 17.0 Å². The fraction of sp³-hybridized carbons (Fsp3) is 0.333. The number of anilines is 1. The molecule has 5 nitrogen and oxygen atoms in total. The maximum Gasteiger partial charge on any atom is 0.234 e. The monoisotopic (exact) mass is 350 g/mol. The number of benzene rings is 1. The zero-order valence-electron chi connectivity index (χ0n) is 11.6. The van der Waals surface area contributed by atoms with Crippen LogP contribution in [0, 0.1) is 5.92 Å². The van der Waals surface area contributed by atoms with Crippen LogP contribution in [0.3, 0.4) is 0 Å². The lowest BCUT2D eigenvalue weighted by molar-refractivity contribution is -0.117. The highest BCUT2D eigenvalue weighted by atomic mass is 79.9. The van der Waals surface area contributed by atoms with Crippen LogP contribution in [0.5, 0.6) is 5.75 Å². The Hall–Kier alpha value is -1.82. The van der Waals surface area contributed by atoms with Gasteiger partial charge in [0.05, 0.1) is 7.11 Å². The number of amides is 1. The summed E-state index contributed by atoms with van der Waals surface area (Å²) in [5, 5.41) is 4.86. The fourth-order valence-corrected chi connectivity index (χ4v) is 2.82. The van der Waals surface area contributed by atoms with Gasteiger partial charge in [0.25, 0.3) is 0 Å². The van der Waals surface area contributed by atoms with E-state index in [1.807, 2.05) is 24.3 Å². The normalized spacial score (nSPS) is 18.3. The molecule has 1 aliphatic heterocycles. The minimum absolute atomic E-state index is 0.0804. The summed E-state index contributed by atoms with van der Waals surface area (Å²) < 4.78 is 10.5. The molecule has 1 unspecified atom stereocenters. The van der Waals surface area contributed by atoms with E-state index in [0.29, 0.717) is 30.5 Å². The minimum Gasteiger partial charge on any atom is -0.497 e. The smallest absolute Gasteiger partial charge is 0.234 e. The predicted molar refractivity (Wildman–Crippen MR) is 82.7 cm³/mol. The van der Waals surface area contributed by atoms with Gasteiger partial charge in [0.1, 0.15) is 11.4 Å². The predicted octanol–water partition coefficient (Wildman–Crippen LogP) is 3.10. The van der Waals surface area contributed by atoms with Gasteiger partial charge in [-0.25, -0.2) is 0 Å². The maximum absolute atomic E-state index is 12.0. The zero-order valence-corrected chi connectivity index (χ0v) is 13.2. The molecule has 0 radical (unpaired) electrons. The largest absolute Gasteiger partial charge is 0.497 e. The van der Waals surface area contributed by atoms with Crippen LogP contribution in [0.1, 0.15) is 6.42 Å². The fourth-order valence-electron chi connectivity index (χ4n) is 2.39. The van der Waals surface area contributed by atoms with Gasteiger partial charge in [-0.05, 0) is 30.2 Å². The van der Waals surface area contributed by atoms with Crippen molar-refractivity contribution in [2.24, 2.45) is 5.92 Å². The first-order valence-electron chi connectivity index (χ1n) is 6.68. The molecule has 0 aliphatic carbocycles. The van der Waals surface area contributed by atoms with E-state index in [2.05, 4.69) is 21.1 Å². The van der Waals surface area contributed by atoms with Gasteiger partial charge in [0.15, 0.2) is 0 Å². The second-order valence-electron chi connectivity index (χ2n) is 5.01. The Morgan fingerprint density at radius 3 is 2.81 bits per heavy atom. The number of ether oxygens (including phenoxy) is 1. The number of rotatable bonds is 4. The van der Waals surface area contributed by atoms with E-state index in [1.54, 1.807) is 18.1 Å². The van der Waals surface area contributed by atoms with Crippen molar-refractivity contribution < 1.29 is 14.1 Å². The summed E-state index contributed by atoms with van der Waals surface area (Å²) in [5.41, 5.74) is 1.64. The zero-order chi connectivity index (χ0) is 14.8. The molecule has 1 amide bonds. The third-order valence-corrected chi connectivity index (χ3v) is 4.49. The van der Waals surface area contributed by atoms with Crippen molar-refractivity contribution in [2.75, 3.05) is 23.9 Å². The molecule has 1 aromatic heterocycles. The lowest BCUT2D eigenvalue weighted by Crippen LogP contribution is -2.24. The minimum atomic E-state index is 0.0804. The lowest BCUT2D eigenvalue weighted by atomic mass is 10.1. The molecule has 1 saturated heterocycles. The second-order valence-corrected chi connectivity index (χ2v) is 5.66. The van der Waals surface area contributed by atoms with Gasteiger partial charge < -0.3 is 9.26 Å². The summed E-state index contributed by atoms with van der Waals surface area (Å²) >= 11 is 3.42. The van der Waals surface area contributed by atoms with E-state index < -0.39 is 0 Å². The Bertz CT molecular complexity index is 639. The van der Waals surface area contributed by atoms with Crippen LogP contribution in [-0.2, 0) is 4.79 Å². The first-order valence-corrected chi connectivity index (χ1v) is 7.81. The Balaban J connectivity index is 1.81. The molecule has 0 N–H and O–H groups in total. The molecule has 1 aliphatic rings. The highest BCUT2D eigenvalue weighted by Gasteiger charge is 2.32. The number of hydrogen-bond acceptors (Lipinski definition) is 4. The Morgan fingerprint density at radius 1 is 1.43 bits per heavy atom. The number of methoxy groups -OCH3 is 1. The van der Waals surface area contributed by atoms with Crippen molar-refractivity contribution >= 4 is 27.7 Å².